The molecule has 0 amide bonds. The first kappa shape index (κ1) is 11.0. The van der Waals surface area contributed by atoms with E-state index in [0.29, 0.717) is 12.0 Å². The molecule has 1 heterocycles. The molecule has 2 rings (SSSR count). The minimum Gasteiger partial charge on any atom is -0.368 e. The maximum Gasteiger partial charge on any atom is 0.0513 e. The van der Waals surface area contributed by atoms with Crippen LogP contribution in [-0.4, -0.2) is 19.1 Å². The molecule has 2 N–H and O–H groups in total. The normalized spacial score (nSPS) is 25.9. The number of hydrogen-bond donors (Lipinski definition) is 1. The molecular weight excluding hydrogens is 252 g/mol. The van der Waals surface area contributed by atoms with E-state index in [2.05, 4.69) is 52.0 Å². The zero-order chi connectivity index (χ0) is 10.8. The zero-order valence-corrected chi connectivity index (χ0v) is 10.6. The summed E-state index contributed by atoms with van der Waals surface area (Å²) in [5, 5.41) is 0. The maximum absolute atomic E-state index is 5.76. The molecule has 1 fully saturated rings. The van der Waals surface area contributed by atoms with Crippen molar-refractivity contribution >= 4 is 21.6 Å². The van der Waals surface area contributed by atoms with Crippen molar-refractivity contribution < 1.29 is 0 Å². The van der Waals surface area contributed by atoms with Crippen molar-refractivity contribution in [1.82, 2.24) is 0 Å². The minimum atomic E-state index is 0.550. The molecule has 2 nitrogen and oxygen atoms in total. The monoisotopic (exact) mass is 268 g/mol. The van der Waals surface area contributed by atoms with Crippen molar-refractivity contribution in [3.63, 3.8) is 0 Å². The summed E-state index contributed by atoms with van der Waals surface area (Å²) in [6.07, 6.45) is 1.21. The number of nitrogens with zero attached hydrogens (tertiary/aromatic N) is 1. The average molecular weight is 269 g/mol. The highest BCUT2D eigenvalue weighted by Gasteiger charge is 2.30. The van der Waals surface area contributed by atoms with Crippen molar-refractivity contribution in [3.05, 3.63) is 28.7 Å². The second-order valence-electron chi connectivity index (χ2n) is 4.17. The number of hydrogen-bond acceptors (Lipinski definition) is 2. The van der Waals surface area contributed by atoms with Gasteiger partial charge < -0.3 is 10.6 Å². The first-order valence-corrected chi connectivity index (χ1v) is 6.24. The fourth-order valence-corrected chi connectivity index (χ4v) is 2.86. The highest BCUT2D eigenvalue weighted by molar-refractivity contribution is 9.10. The second kappa shape index (κ2) is 4.54. The van der Waals surface area contributed by atoms with Gasteiger partial charge in [0.1, 0.15) is 0 Å². The van der Waals surface area contributed by atoms with E-state index in [1.54, 1.807) is 0 Å². The van der Waals surface area contributed by atoms with E-state index in [1.165, 1.54) is 16.6 Å². The summed E-state index contributed by atoms with van der Waals surface area (Å²) in [7, 11) is 0. The summed E-state index contributed by atoms with van der Waals surface area (Å²) >= 11 is 3.60. The van der Waals surface area contributed by atoms with Crippen molar-refractivity contribution in [2.75, 3.05) is 18.0 Å². The number of anilines is 1. The smallest absolute Gasteiger partial charge is 0.0513 e. The van der Waals surface area contributed by atoms with Gasteiger partial charge in [0.2, 0.25) is 0 Å². The van der Waals surface area contributed by atoms with Gasteiger partial charge in [-0.1, -0.05) is 12.1 Å². The molecule has 3 heteroatoms. The molecular formula is C12H17BrN2. The summed E-state index contributed by atoms with van der Waals surface area (Å²) in [6, 6.07) is 8.95. The Labute approximate surface area is 99.6 Å². The molecule has 0 aromatic heterocycles. The lowest BCUT2D eigenvalue weighted by Crippen LogP contribution is -2.32. The fraction of sp³-hybridized carbons (Fsp3) is 0.500. The molecule has 1 saturated heterocycles. The van der Waals surface area contributed by atoms with Crippen LogP contribution in [0.5, 0.6) is 0 Å². The molecule has 1 aliphatic rings. The Kier molecular flexibility index (Phi) is 3.32. The van der Waals surface area contributed by atoms with Crippen molar-refractivity contribution in [2.24, 2.45) is 11.7 Å². The Bertz CT molecular complexity index is 340. The van der Waals surface area contributed by atoms with Gasteiger partial charge in [0.05, 0.1) is 5.69 Å². The minimum absolute atomic E-state index is 0.550. The largest absolute Gasteiger partial charge is 0.368 e. The van der Waals surface area contributed by atoms with E-state index >= 15 is 0 Å². The molecule has 1 aliphatic heterocycles. The third kappa shape index (κ3) is 2.04. The van der Waals surface area contributed by atoms with Gasteiger partial charge in [0.15, 0.2) is 0 Å². The first-order chi connectivity index (χ1) is 7.24. The summed E-state index contributed by atoms with van der Waals surface area (Å²) in [4.78, 5) is 2.45. The van der Waals surface area contributed by atoms with Gasteiger partial charge in [-0.15, -0.1) is 0 Å². The lowest BCUT2D eigenvalue weighted by molar-refractivity contribution is 0.508. The van der Waals surface area contributed by atoms with E-state index in [4.69, 9.17) is 5.73 Å². The van der Waals surface area contributed by atoms with Crippen molar-refractivity contribution in [2.45, 2.75) is 19.4 Å². The van der Waals surface area contributed by atoms with Crippen LogP contribution in [0.25, 0.3) is 0 Å². The number of rotatable bonds is 2. The number of nitrogens with two attached hydrogens (primary N) is 1. The van der Waals surface area contributed by atoms with Gasteiger partial charge in [0.25, 0.3) is 0 Å². The van der Waals surface area contributed by atoms with Crippen LogP contribution in [0.15, 0.2) is 28.7 Å². The summed E-state index contributed by atoms with van der Waals surface area (Å²) < 4.78 is 1.18. The molecule has 0 saturated carbocycles. The summed E-state index contributed by atoms with van der Waals surface area (Å²) in [6.45, 7) is 4.18. The van der Waals surface area contributed by atoms with Gasteiger partial charge in [-0.3, -0.25) is 0 Å². The van der Waals surface area contributed by atoms with E-state index in [9.17, 15) is 0 Å². The van der Waals surface area contributed by atoms with E-state index in [0.717, 1.165) is 13.1 Å². The summed E-state index contributed by atoms with van der Waals surface area (Å²) in [5.41, 5.74) is 7.06. The fourth-order valence-electron chi connectivity index (χ4n) is 2.34. The van der Waals surface area contributed by atoms with Crippen LogP contribution < -0.4 is 10.6 Å². The molecule has 1 aromatic carbocycles. The SMILES string of the molecule is CC1C(CN)CCN1c1ccccc1Br. The average Bonchev–Trinajstić information content (AvgIpc) is 2.60. The maximum atomic E-state index is 5.76. The number of para-hydroxylation sites is 1. The predicted octanol–water partition coefficient (Wildman–Crippen LogP) is 2.62. The lowest BCUT2D eigenvalue weighted by atomic mass is 10.0. The molecule has 0 radical (unpaired) electrons. The molecule has 1 aromatic rings. The van der Waals surface area contributed by atoms with Gasteiger partial charge in [-0.25, -0.2) is 0 Å². The molecule has 2 unspecified atom stereocenters. The van der Waals surface area contributed by atoms with Crippen LogP contribution in [0, 0.1) is 5.92 Å². The molecule has 2 atom stereocenters. The van der Waals surface area contributed by atoms with Crippen LogP contribution in [0.2, 0.25) is 0 Å². The van der Waals surface area contributed by atoms with E-state index in [-0.39, 0.29) is 0 Å². The van der Waals surface area contributed by atoms with Gasteiger partial charge in [0, 0.05) is 17.1 Å². The van der Waals surface area contributed by atoms with Crippen LogP contribution in [-0.2, 0) is 0 Å². The second-order valence-corrected chi connectivity index (χ2v) is 5.02. The number of benzene rings is 1. The molecule has 15 heavy (non-hydrogen) atoms. The highest BCUT2D eigenvalue weighted by atomic mass is 79.9. The quantitative estimate of drug-likeness (QED) is 0.894. The van der Waals surface area contributed by atoms with Gasteiger partial charge in [-0.05, 0) is 53.9 Å². The van der Waals surface area contributed by atoms with Gasteiger partial charge >= 0.3 is 0 Å². The summed E-state index contributed by atoms with van der Waals surface area (Å²) in [5.74, 6) is 0.636. The van der Waals surface area contributed by atoms with Crippen LogP contribution in [0.4, 0.5) is 5.69 Å². The third-order valence-corrected chi connectivity index (χ3v) is 4.05. The molecule has 0 spiro atoms. The third-order valence-electron chi connectivity index (χ3n) is 3.38. The zero-order valence-electron chi connectivity index (χ0n) is 8.99. The Morgan fingerprint density at radius 1 is 1.47 bits per heavy atom. The highest BCUT2D eigenvalue weighted by Crippen LogP contribution is 2.33. The Balaban J connectivity index is 2.22. The molecule has 82 valence electrons. The Morgan fingerprint density at radius 2 is 2.20 bits per heavy atom. The predicted molar refractivity (Wildman–Crippen MR) is 68.1 cm³/mol. The van der Waals surface area contributed by atoms with E-state index in [1.807, 2.05) is 0 Å². The Hall–Kier alpha value is -0.540. The topological polar surface area (TPSA) is 29.3 Å². The first-order valence-electron chi connectivity index (χ1n) is 5.45. The molecule has 0 bridgehead atoms. The standard InChI is InChI=1S/C12H17BrN2/c1-9-10(8-14)6-7-15(9)12-5-3-2-4-11(12)13/h2-5,9-10H,6-8,14H2,1H3. The van der Waals surface area contributed by atoms with Crippen molar-refractivity contribution in [3.8, 4) is 0 Å². The molecule has 0 aliphatic carbocycles. The van der Waals surface area contributed by atoms with Gasteiger partial charge in [-0.2, -0.15) is 0 Å². The van der Waals surface area contributed by atoms with E-state index < -0.39 is 0 Å². The van der Waals surface area contributed by atoms with Crippen molar-refractivity contribution in [1.29, 1.82) is 0 Å². The number of halogens is 1. The Morgan fingerprint density at radius 3 is 2.80 bits per heavy atom. The van der Waals surface area contributed by atoms with Crippen LogP contribution in [0.3, 0.4) is 0 Å². The lowest BCUT2D eigenvalue weighted by Gasteiger charge is -2.27. The van der Waals surface area contributed by atoms with Crippen LogP contribution >= 0.6 is 15.9 Å². The van der Waals surface area contributed by atoms with Crippen LogP contribution in [0.1, 0.15) is 13.3 Å².